The molecule has 0 amide bonds. The van der Waals surface area contributed by atoms with E-state index in [1.165, 1.54) is 0 Å². The number of halogens is 3. The van der Waals surface area contributed by atoms with Crippen molar-refractivity contribution in [2.75, 3.05) is 6.61 Å². The predicted octanol–water partition coefficient (Wildman–Crippen LogP) is 3.08. The van der Waals surface area contributed by atoms with Crippen LogP contribution in [-0.4, -0.2) is 29.5 Å². The van der Waals surface area contributed by atoms with Crippen LogP contribution in [0.5, 0.6) is 0 Å². The fraction of sp³-hybridized carbons (Fsp3) is 0.800. The van der Waals surface area contributed by atoms with E-state index in [1.807, 2.05) is 0 Å². The highest BCUT2D eigenvalue weighted by Crippen LogP contribution is 2.54. The lowest BCUT2D eigenvalue weighted by molar-refractivity contribution is -0.259. The normalized spacial score (nSPS) is 34.5. The molecule has 6 heteroatoms. The van der Waals surface area contributed by atoms with E-state index in [2.05, 4.69) is 6.58 Å². The number of ether oxygens (including phenoxy) is 1. The minimum Gasteiger partial charge on any atom is -0.462 e. The van der Waals surface area contributed by atoms with Gasteiger partial charge in [-0.2, -0.15) is 13.2 Å². The number of hydrogen-bond donors (Lipinski definition) is 1. The summed E-state index contributed by atoms with van der Waals surface area (Å²) in [5.74, 6) is 0.149. The van der Waals surface area contributed by atoms with Crippen molar-refractivity contribution < 1.29 is 27.8 Å². The zero-order valence-corrected chi connectivity index (χ0v) is 12.0. The zero-order chi connectivity index (χ0) is 15.8. The van der Waals surface area contributed by atoms with Gasteiger partial charge < -0.3 is 9.84 Å². The van der Waals surface area contributed by atoms with Crippen molar-refractivity contribution in [1.29, 1.82) is 0 Å². The highest BCUT2D eigenvalue weighted by atomic mass is 19.4. The van der Waals surface area contributed by atoms with Gasteiger partial charge in [0.05, 0.1) is 6.61 Å². The van der Waals surface area contributed by atoms with Gasteiger partial charge in [0.1, 0.15) is 0 Å². The largest absolute Gasteiger partial charge is 0.462 e. The Labute approximate surface area is 122 Å². The van der Waals surface area contributed by atoms with Crippen LogP contribution in [0, 0.1) is 23.7 Å². The van der Waals surface area contributed by atoms with Crippen molar-refractivity contribution in [2.24, 2.45) is 23.7 Å². The first kappa shape index (κ1) is 16.3. The van der Waals surface area contributed by atoms with E-state index >= 15 is 0 Å². The maximum Gasteiger partial charge on any atom is 0.416 e. The molecular formula is C15H21F3O3. The van der Waals surface area contributed by atoms with Crippen LogP contribution in [0.25, 0.3) is 0 Å². The lowest BCUT2D eigenvalue weighted by Crippen LogP contribution is -2.44. The van der Waals surface area contributed by atoms with E-state index in [4.69, 9.17) is 4.74 Å². The van der Waals surface area contributed by atoms with Gasteiger partial charge in [-0.05, 0) is 56.3 Å². The van der Waals surface area contributed by atoms with Crippen molar-refractivity contribution in [2.45, 2.75) is 44.4 Å². The molecule has 2 rings (SSSR count). The van der Waals surface area contributed by atoms with E-state index in [0.717, 1.165) is 25.8 Å². The molecule has 2 saturated carbocycles. The monoisotopic (exact) mass is 306 g/mol. The van der Waals surface area contributed by atoms with Crippen molar-refractivity contribution in [1.82, 2.24) is 0 Å². The second kappa shape index (κ2) is 5.63. The molecule has 5 unspecified atom stereocenters. The minimum atomic E-state index is -4.59. The van der Waals surface area contributed by atoms with E-state index in [-0.39, 0.29) is 24.2 Å². The Hall–Kier alpha value is -1.04. The van der Waals surface area contributed by atoms with Crippen molar-refractivity contribution >= 4 is 5.97 Å². The van der Waals surface area contributed by atoms with E-state index in [9.17, 15) is 23.1 Å². The average Bonchev–Trinajstić information content (AvgIpc) is 2.93. The summed E-state index contributed by atoms with van der Waals surface area (Å²) < 4.78 is 43.2. The molecule has 0 aromatic heterocycles. The topological polar surface area (TPSA) is 46.5 Å². The molecule has 2 bridgehead atoms. The first-order valence-electron chi connectivity index (χ1n) is 7.22. The number of carbonyl (C=O) groups excluding carboxylic acids is 1. The molecule has 2 aliphatic carbocycles. The van der Waals surface area contributed by atoms with Crippen molar-refractivity contribution in [3.8, 4) is 0 Å². The Morgan fingerprint density at radius 1 is 1.29 bits per heavy atom. The molecule has 0 saturated heterocycles. The summed E-state index contributed by atoms with van der Waals surface area (Å²) in [7, 11) is 0. The summed E-state index contributed by atoms with van der Waals surface area (Å²) in [5.41, 5.74) is -2.62. The van der Waals surface area contributed by atoms with Gasteiger partial charge in [0.25, 0.3) is 0 Å². The van der Waals surface area contributed by atoms with E-state index < -0.39 is 17.7 Å². The van der Waals surface area contributed by atoms with Crippen LogP contribution >= 0.6 is 0 Å². The summed E-state index contributed by atoms with van der Waals surface area (Å²) in [6.45, 7) is 4.48. The van der Waals surface area contributed by atoms with Crippen molar-refractivity contribution in [3.63, 3.8) is 0 Å². The van der Waals surface area contributed by atoms with Gasteiger partial charge in [-0.15, -0.1) is 0 Å². The van der Waals surface area contributed by atoms with Gasteiger partial charge in [0, 0.05) is 6.08 Å². The molecule has 1 N–H and O–H groups in total. The number of alkyl halides is 3. The van der Waals surface area contributed by atoms with Crippen molar-refractivity contribution in [3.05, 3.63) is 12.7 Å². The standard InChI is InChI=1S/C15H21F3O3/c1-3-13(19)21-8-12-6-9-4-10(12)5-11(9)7-14(2,20)15(16,17)18/h3,9-12,20H,1,4-8H2,2H3. The highest BCUT2D eigenvalue weighted by molar-refractivity contribution is 5.81. The van der Waals surface area contributed by atoms with E-state index in [1.54, 1.807) is 0 Å². The Bertz CT molecular complexity index is 417. The molecule has 0 radical (unpaired) electrons. The highest BCUT2D eigenvalue weighted by Gasteiger charge is 2.54. The molecule has 2 aliphatic rings. The molecule has 0 aromatic carbocycles. The minimum absolute atomic E-state index is 0.0991. The zero-order valence-electron chi connectivity index (χ0n) is 12.0. The summed E-state index contributed by atoms with van der Waals surface area (Å²) in [5, 5.41) is 9.61. The van der Waals surface area contributed by atoms with Gasteiger partial charge in [-0.3, -0.25) is 0 Å². The third-order valence-electron chi connectivity index (χ3n) is 5.03. The molecule has 0 heterocycles. The first-order valence-corrected chi connectivity index (χ1v) is 7.22. The molecule has 120 valence electrons. The van der Waals surface area contributed by atoms with Gasteiger partial charge in [0.15, 0.2) is 5.60 Å². The fourth-order valence-corrected chi connectivity index (χ4v) is 3.84. The number of esters is 1. The molecule has 0 spiro atoms. The summed E-state index contributed by atoms with van der Waals surface area (Å²) in [6.07, 6.45) is -1.41. The number of carbonyl (C=O) groups is 1. The van der Waals surface area contributed by atoms with Gasteiger partial charge in [-0.1, -0.05) is 6.58 Å². The molecule has 2 fully saturated rings. The third-order valence-corrected chi connectivity index (χ3v) is 5.03. The summed E-state index contributed by atoms with van der Waals surface area (Å²) >= 11 is 0. The number of hydrogen-bond acceptors (Lipinski definition) is 3. The fourth-order valence-electron chi connectivity index (χ4n) is 3.84. The summed E-state index contributed by atoms with van der Waals surface area (Å²) in [6, 6.07) is 0. The number of rotatable bonds is 5. The first-order chi connectivity index (χ1) is 9.64. The Balaban J connectivity index is 1.86. The lowest BCUT2D eigenvalue weighted by atomic mass is 9.77. The SMILES string of the molecule is C=CC(=O)OCC1CC2CC1CC2CC(C)(O)C(F)(F)F. The van der Waals surface area contributed by atoms with Crippen LogP contribution in [0.2, 0.25) is 0 Å². The second-order valence-corrected chi connectivity index (χ2v) is 6.56. The van der Waals surface area contributed by atoms with Gasteiger partial charge >= 0.3 is 12.1 Å². The molecular weight excluding hydrogens is 285 g/mol. The second-order valence-electron chi connectivity index (χ2n) is 6.56. The quantitative estimate of drug-likeness (QED) is 0.627. The van der Waals surface area contributed by atoms with E-state index in [0.29, 0.717) is 18.9 Å². The third kappa shape index (κ3) is 3.42. The lowest BCUT2D eigenvalue weighted by Gasteiger charge is -2.34. The van der Waals surface area contributed by atoms with Gasteiger partial charge in [0.2, 0.25) is 0 Å². The predicted molar refractivity (Wildman–Crippen MR) is 70.3 cm³/mol. The smallest absolute Gasteiger partial charge is 0.416 e. The molecule has 0 aromatic rings. The maximum atomic E-state index is 12.7. The van der Waals surface area contributed by atoms with Crippen LogP contribution in [0.1, 0.15) is 32.6 Å². The number of fused-ring (bicyclic) bond motifs is 2. The van der Waals surface area contributed by atoms with Crippen LogP contribution in [0.3, 0.4) is 0 Å². The van der Waals surface area contributed by atoms with Crippen LogP contribution in [-0.2, 0) is 9.53 Å². The molecule has 3 nitrogen and oxygen atoms in total. The molecule has 5 atom stereocenters. The number of aliphatic hydroxyl groups is 1. The molecule has 21 heavy (non-hydrogen) atoms. The van der Waals surface area contributed by atoms with Crippen LogP contribution in [0.4, 0.5) is 13.2 Å². The molecule has 0 aliphatic heterocycles. The van der Waals surface area contributed by atoms with Gasteiger partial charge in [-0.25, -0.2) is 4.79 Å². The van der Waals surface area contributed by atoms with Crippen LogP contribution in [0.15, 0.2) is 12.7 Å². The maximum absolute atomic E-state index is 12.7. The Morgan fingerprint density at radius 3 is 2.33 bits per heavy atom. The van der Waals surface area contributed by atoms with Crippen LogP contribution < -0.4 is 0 Å². The average molecular weight is 306 g/mol. The summed E-state index contributed by atoms with van der Waals surface area (Å²) in [4.78, 5) is 11.0. The Kier molecular flexibility index (Phi) is 4.38. The Morgan fingerprint density at radius 2 is 1.86 bits per heavy atom.